The van der Waals surface area contributed by atoms with Crippen LogP contribution in [0.1, 0.15) is 26.3 Å². The molecule has 0 aliphatic carbocycles. The van der Waals surface area contributed by atoms with Gasteiger partial charge in [-0.15, -0.1) is 12.6 Å². The maximum absolute atomic E-state index is 5.57. The van der Waals surface area contributed by atoms with Crippen molar-refractivity contribution in [1.29, 1.82) is 0 Å². The van der Waals surface area contributed by atoms with E-state index in [0.717, 1.165) is 17.0 Å². The molecule has 0 heterocycles. The van der Waals surface area contributed by atoms with Crippen LogP contribution < -0.4 is 5.73 Å². The normalized spacial score (nSPS) is 8.67. The predicted molar refractivity (Wildman–Crippen MR) is 58.8 cm³/mol. The first-order valence-corrected chi connectivity index (χ1v) is 4.76. The number of rotatable bonds is 1. The van der Waals surface area contributed by atoms with Gasteiger partial charge in [0.25, 0.3) is 0 Å². The molecule has 1 nitrogen and oxygen atoms in total. The van der Waals surface area contributed by atoms with E-state index < -0.39 is 0 Å². The summed E-state index contributed by atoms with van der Waals surface area (Å²) in [6.45, 7) is 6.09. The summed E-state index contributed by atoms with van der Waals surface area (Å²) >= 11 is 4.27. The lowest BCUT2D eigenvalue weighted by Crippen LogP contribution is -1.88. The maximum atomic E-state index is 5.57. The lowest BCUT2D eigenvalue weighted by atomic mass is 10.1. The highest BCUT2D eigenvalue weighted by atomic mass is 32.1. The van der Waals surface area contributed by atoms with Crippen LogP contribution in [0.5, 0.6) is 0 Å². The molecular weight excluding hydrogens is 166 g/mol. The third kappa shape index (κ3) is 3.18. The lowest BCUT2D eigenvalue weighted by Gasteiger charge is -2.01. The zero-order valence-corrected chi connectivity index (χ0v) is 8.86. The number of anilines is 1. The van der Waals surface area contributed by atoms with E-state index >= 15 is 0 Å². The molecule has 0 saturated carbocycles. The molecule has 0 aliphatic heterocycles. The van der Waals surface area contributed by atoms with Crippen LogP contribution in [0.4, 0.5) is 5.69 Å². The Kier molecular flexibility index (Phi) is 5.64. The molecule has 0 radical (unpaired) electrons. The third-order valence-electron chi connectivity index (χ3n) is 1.48. The Morgan fingerprint density at radius 1 is 1.33 bits per heavy atom. The molecule has 2 heteroatoms. The van der Waals surface area contributed by atoms with Crippen molar-refractivity contribution >= 4 is 18.3 Å². The van der Waals surface area contributed by atoms with Crippen molar-refractivity contribution in [2.24, 2.45) is 0 Å². The molecule has 0 saturated heterocycles. The van der Waals surface area contributed by atoms with Gasteiger partial charge in [0, 0.05) is 10.6 Å². The predicted octanol–water partition coefficient (Wildman–Crippen LogP) is 3.15. The minimum atomic E-state index is 0.814. The summed E-state index contributed by atoms with van der Waals surface area (Å²) < 4.78 is 0. The van der Waals surface area contributed by atoms with Gasteiger partial charge in [-0.05, 0) is 30.2 Å². The van der Waals surface area contributed by atoms with Gasteiger partial charge in [0.05, 0.1) is 0 Å². The number of hydrogen-bond acceptors (Lipinski definition) is 2. The van der Waals surface area contributed by atoms with Gasteiger partial charge < -0.3 is 5.73 Å². The lowest BCUT2D eigenvalue weighted by molar-refractivity contribution is 1.09. The largest absolute Gasteiger partial charge is 0.399 e. The second-order valence-corrected chi connectivity index (χ2v) is 2.72. The summed E-state index contributed by atoms with van der Waals surface area (Å²) in [6, 6.07) is 5.75. The molecular formula is C10H17NS. The van der Waals surface area contributed by atoms with Gasteiger partial charge in [0.15, 0.2) is 0 Å². The maximum Gasteiger partial charge on any atom is 0.0317 e. The number of nitrogen functional groups attached to an aromatic ring is 1. The van der Waals surface area contributed by atoms with E-state index in [0.29, 0.717) is 0 Å². The van der Waals surface area contributed by atoms with Crippen molar-refractivity contribution in [3.63, 3.8) is 0 Å². The zero-order valence-electron chi connectivity index (χ0n) is 7.96. The molecule has 12 heavy (non-hydrogen) atoms. The van der Waals surface area contributed by atoms with Crippen molar-refractivity contribution in [2.75, 3.05) is 5.73 Å². The fourth-order valence-electron chi connectivity index (χ4n) is 0.889. The van der Waals surface area contributed by atoms with Crippen molar-refractivity contribution in [3.05, 3.63) is 23.8 Å². The molecule has 0 fully saturated rings. The molecule has 0 aromatic heterocycles. The first-order chi connectivity index (χ1) is 5.74. The minimum Gasteiger partial charge on any atom is -0.399 e. The highest BCUT2D eigenvalue weighted by molar-refractivity contribution is 7.80. The fourth-order valence-corrected chi connectivity index (χ4v) is 1.19. The quantitative estimate of drug-likeness (QED) is 0.507. The minimum absolute atomic E-state index is 0.814. The molecule has 0 unspecified atom stereocenters. The molecule has 0 aliphatic rings. The molecule has 1 rings (SSSR count). The van der Waals surface area contributed by atoms with Gasteiger partial charge in [-0.1, -0.05) is 20.8 Å². The summed E-state index contributed by atoms with van der Waals surface area (Å²) in [4.78, 5) is 1.02. The van der Waals surface area contributed by atoms with Crippen LogP contribution >= 0.6 is 12.6 Å². The second kappa shape index (κ2) is 5.95. The Bertz CT molecular complexity index is 233. The number of hydrogen-bond donors (Lipinski definition) is 2. The van der Waals surface area contributed by atoms with Gasteiger partial charge in [0.1, 0.15) is 0 Å². The van der Waals surface area contributed by atoms with Crippen LogP contribution in [0.3, 0.4) is 0 Å². The van der Waals surface area contributed by atoms with Crippen molar-refractivity contribution in [2.45, 2.75) is 32.1 Å². The van der Waals surface area contributed by atoms with Crippen molar-refractivity contribution in [3.8, 4) is 0 Å². The Morgan fingerprint density at radius 2 is 1.92 bits per heavy atom. The molecule has 0 bridgehead atoms. The molecule has 1 aromatic rings. The van der Waals surface area contributed by atoms with Crippen LogP contribution in [0.2, 0.25) is 0 Å². The fraction of sp³-hybridized carbons (Fsp3) is 0.400. The van der Waals surface area contributed by atoms with E-state index in [-0.39, 0.29) is 0 Å². The summed E-state index contributed by atoms with van der Waals surface area (Å²) in [5.74, 6) is 0. The van der Waals surface area contributed by atoms with E-state index in [4.69, 9.17) is 5.73 Å². The average molecular weight is 183 g/mol. The summed E-state index contributed by atoms with van der Waals surface area (Å²) in [7, 11) is 0. The van der Waals surface area contributed by atoms with E-state index in [1.54, 1.807) is 0 Å². The highest BCUT2D eigenvalue weighted by Gasteiger charge is 1.94. The van der Waals surface area contributed by atoms with Crippen LogP contribution in [-0.2, 0) is 6.42 Å². The van der Waals surface area contributed by atoms with Gasteiger partial charge in [-0.3, -0.25) is 0 Å². The molecule has 68 valence electrons. The number of aryl methyl sites for hydroxylation is 1. The molecule has 2 N–H and O–H groups in total. The molecule has 0 spiro atoms. The average Bonchev–Trinajstić information content (AvgIpc) is 2.13. The summed E-state index contributed by atoms with van der Waals surface area (Å²) in [6.07, 6.45) is 0.990. The van der Waals surface area contributed by atoms with Gasteiger partial charge in [-0.2, -0.15) is 0 Å². The number of thiol groups is 1. The van der Waals surface area contributed by atoms with Gasteiger partial charge in [0.2, 0.25) is 0 Å². The highest BCUT2D eigenvalue weighted by Crippen LogP contribution is 2.16. The van der Waals surface area contributed by atoms with Crippen molar-refractivity contribution in [1.82, 2.24) is 0 Å². The summed E-state index contributed by atoms with van der Waals surface area (Å²) in [5, 5.41) is 0. The van der Waals surface area contributed by atoms with E-state index in [9.17, 15) is 0 Å². The topological polar surface area (TPSA) is 26.0 Å². The Morgan fingerprint density at radius 3 is 2.33 bits per heavy atom. The van der Waals surface area contributed by atoms with E-state index in [1.165, 1.54) is 5.56 Å². The van der Waals surface area contributed by atoms with Crippen molar-refractivity contribution < 1.29 is 0 Å². The number of nitrogens with two attached hydrogens (primary N) is 1. The first-order valence-electron chi connectivity index (χ1n) is 4.31. The van der Waals surface area contributed by atoms with Gasteiger partial charge >= 0.3 is 0 Å². The molecule has 0 amide bonds. The zero-order chi connectivity index (χ0) is 9.56. The number of benzene rings is 1. The van der Waals surface area contributed by atoms with Gasteiger partial charge in [-0.25, -0.2) is 0 Å². The Labute approximate surface area is 80.4 Å². The van der Waals surface area contributed by atoms with E-state index in [2.05, 4.69) is 19.6 Å². The van der Waals surface area contributed by atoms with Crippen LogP contribution in [0.25, 0.3) is 0 Å². The molecule has 1 aromatic carbocycles. The first kappa shape index (κ1) is 11.4. The standard InChI is InChI=1S/C8H11NS.C2H6/c1-2-6-5-7(9)3-4-8(6)10;1-2/h3-5,10H,2,9H2,1H3;1-2H3. The van der Waals surface area contributed by atoms with Crippen LogP contribution in [0.15, 0.2) is 23.1 Å². The second-order valence-electron chi connectivity index (χ2n) is 2.24. The molecule has 0 atom stereocenters. The summed E-state index contributed by atoms with van der Waals surface area (Å²) in [5.41, 5.74) is 7.60. The van der Waals surface area contributed by atoms with E-state index in [1.807, 2.05) is 32.0 Å². The van der Waals surface area contributed by atoms with Crippen LogP contribution in [0, 0.1) is 0 Å². The Balaban J connectivity index is 0.000000561. The Hall–Kier alpha value is -0.630. The van der Waals surface area contributed by atoms with Crippen LogP contribution in [-0.4, -0.2) is 0 Å². The SMILES string of the molecule is CC.CCc1cc(N)ccc1S. The smallest absolute Gasteiger partial charge is 0.0317 e. The third-order valence-corrected chi connectivity index (χ3v) is 1.92. The monoisotopic (exact) mass is 183 g/mol.